The number of benzene rings is 2. The molecule has 0 bridgehead atoms. The van der Waals surface area contributed by atoms with Gasteiger partial charge in [0.15, 0.2) is 6.61 Å². The number of oxime groups is 1. The number of hydrogen-bond acceptors (Lipinski definition) is 6. The zero-order valence-corrected chi connectivity index (χ0v) is 17.1. The molecule has 6 rings (SSSR count). The predicted octanol–water partition coefficient (Wildman–Crippen LogP) is 1.77. The number of nitrogens with one attached hydrogen (secondary N) is 3. The second-order valence-corrected chi connectivity index (χ2v) is 8.63. The van der Waals surface area contributed by atoms with Gasteiger partial charge in [-0.1, -0.05) is 23.4 Å². The summed E-state index contributed by atoms with van der Waals surface area (Å²) in [6.45, 7) is 3.18. The summed E-state index contributed by atoms with van der Waals surface area (Å²) in [6, 6.07) is 11.6. The van der Waals surface area contributed by atoms with Crippen molar-refractivity contribution in [3.8, 4) is 0 Å². The zero-order valence-electron chi connectivity index (χ0n) is 17.1. The first kappa shape index (κ1) is 19.0. The summed E-state index contributed by atoms with van der Waals surface area (Å²) in [5, 5.41) is 13.4. The predicted molar refractivity (Wildman–Crippen MR) is 116 cm³/mol. The summed E-state index contributed by atoms with van der Waals surface area (Å²) < 4.78 is 13.9. The molecule has 0 saturated carbocycles. The Kier molecular flexibility index (Phi) is 4.09. The number of amides is 2. The van der Waals surface area contributed by atoms with Crippen LogP contribution in [0.15, 0.2) is 53.3 Å². The normalized spacial score (nSPS) is 23.2. The van der Waals surface area contributed by atoms with Gasteiger partial charge in [0, 0.05) is 54.1 Å². The number of fused-ring (bicyclic) bond motifs is 2. The highest BCUT2D eigenvalue weighted by molar-refractivity contribution is 6.39. The molecule has 3 N–H and O–H groups in total. The van der Waals surface area contributed by atoms with Crippen LogP contribution in [0.1, 0.15) is 11.1 Å². The number of nitrogens with zero attached hydrogens (tertiary/aromatic N) is 2. The molecule has 0 atom stereocenters. The van der Waals surface area contributed by atoms with Crippen molar-refractivity contribution in [1.29, 1.82) is 0 Å². The van der Waals surface area contributed by atoms with Gasteiger partial charge in [0.2, 0.25) is 0 Å². The van der Waals surface area contributed by atoms with E-state index >= 15 is 0 Å². The zero-order chi connectivity index (χ0) is 21.9. The third-order valence-electron chi connectivity index (χ3n) is 6.40. The van der Waals surface area contributed by atoms with Gasteiger partial charge in [-0.15, -0.1) is 0 Å². The Bertz CT molecular complexity index is 1230. The Morgan fingerprint density at radius 1 is 1.09 bits per heavy atom. The van der Waals surface area contributed by atoms with Crippen molar-refractivity contribution in [3.05, 3.63) is 65.1 Å². The topological polar surface area (TPSA) is 95.1 Å². The molecule has 2 fully saturated rings. The number of rotatable bonds is 3. The van der Waals surface area contributed by atoms with E-state index in [1.54, 1.807) is 4.90 Å². The monoisotopic (exact) mass is 433 g/mol. The van der Waals surface area contributed by atoms with Crippen LogP contribution >= 0.6 is 0 Å². The SMILES string of the molecule is O=C1Nc2ccc(F)cc2/C1=C1/Nc2ccccc2/C1=N\OCC(=O)N1CC2(CNC2)C1. The summed E-state index contributed by atoms with van der Waals surface area (Å²) in [6.07, 6.45) is 0. The Labute approximate surface area is 183 Å². The third-order valence-corrected chi connectivity index (χ3v) is 6.40. The molecule has 2 amide bonds. The second-order valence-electron chi connectivity index (χ2n) is 8.63. The van der Waals surface area contributed by atoms with Crippen LogP contribution < -0.4 is 16.0 Å². The van der Waals surface area contributed by atoms with Crippen LogP contribution in [-0.2, 0) is 14.4 Å². The van der Waals surface area contributed by atoms with Crippen molar-refractivity contribution in [1.82, 2.24) is 10.2 Å². The van der Waals surface area contributed by atoms with Crippen molar-refractivity contribution >= 4 is 34.5 Å². The maximum atomic E-state index is 13.9. The van der Waals surface area contributed by atoms with Gasteiger partial charge in [-0.25, -0.2) is 4.39 Å². The smallest absolute Gasteiger partial charge is 0.263 e. The van der Waals surface area contributed by atoms with Crippen molar-refractivity contribution in [2.75, 3.05) is 43.4 Å². The molecule has 0 unspecified atom stereocenters. The highest BCUT2D eigenvalue weighted by atomic mass is 19.1. The lowest BCUT2D eigenvalue weighted by molar-refractivity contribution is -0.151. The second kappa shape index (κ2) is 6.89. The van der Waals surface area contributed by atoms with Gasteiger partial charge in [-0.3, -0.25) is 9.59 Å². The molecular formula is C23H20FN5O3. The van der Waals surface area contributed by atoms with Crippen LogP contribution in [0.2, 0.25) is 0 Å². The van der Waals surface area contributed by atoms with Gasteiger partial charge in [0.05, 0.1) is 11.3 Å². The van der Waals surface area contributed by atoms with E-state index in [0.29, 0.717) is 22.7 Å². The largest absolute Gasteiger partial charge is 0.385 e. The fourth-order valence-corrected chi connectivity index (χ4v) is 4.68. The van der Waals surface area contributed by atoms with Gasteiger partial charge in [0.25, 0.3) is 11.8 Å². The van der Waals surface area contributed by atoms with E-state index < -0.39 is 5.82 Å². The molecule has 0 aliphatic carbocycles. The summed E-state index contributed by atoms with van der Waals surface area (Å²) in [5.41, 5.74) is 3.83. The summed E-state index contributed by atoms with van der Waals surface area (Å²) in [7, 11) is 0. The van der Waals surface area contributed by atoms with Crippen LogP contribution in [0.4, 0.5) is 15.8 Å². The quantitative estimate of drug-likeness (QED) is 0.507. The van der Waals surface area contributed by atoms with E-state index in [9.17, 15) is 14.0 Å². The minimum Gasteiger partial charge on any atom is -0.385 e. The van der Waals surface area contributed by atoms with Crippen LogP contribution in [-0.4, -0.2) is 55.2 Å². The molecule has 4 aliphatic rings. The standard InChI is InChI=1S/C23H20FN5O3/c24-13-5-6-17-15(7-13)19(22(31)27-17)21-20(14-3-1-2-4-16(14)26-21)28-32-8-18(30)29-11-23(12-29)9-25-10-23/h1-7,25-26H,8-12H2,(H,27,31)/b21-19-,28-20+. The Morgan fingerprint density at radius 3 is 2.66 bits per heavy atom. The molecule has 0 aromatic heterocycles. The lowest BCUT2D eigenvalue weighted by Gasteiger charge is -2.55. The molecule has 0 radical (unpaired) electrons. The van der Waals surface area contributed by atoms with E-state index in [-0.39, 0.29) is 29.4 Å². The highest BCUT2D eigenvalue weighted by Crippen LogP contribution is 2.39. The van der Waals surface area contributed by atoms with Crippen molar-refractivity contribution in [3.63, 3.8) is 0 Å². The Balaban J connectivity index is 1.30. The minimum atomic E-state index is -0.442. The molecule has 2 aromatic rings. The van der Waals surface area contributed by atoms with E-state index in [2.05, 4.69) is 21.1 Å². The Morgan fingerprint density at radius 2 is 1.88 bits per heavy atom. The number of allylic oxidation sites excluding steroid dienone is 1. The molecule has 2 saturated heterocycles. The van der Waals surface area contributed by atoms with Crippen LogP contribution in [0.25, 0.3) is 5.57 Å². The number of carbonyl (C=O) groups excluding carboxylic acids is 2. The Hall–Kier alpha value is -3.72. The van der Waals surface area contributed by atoms with Gasteiger partial charge in [-0.05, 0) is 24.3 Å². The average Bonchev–Trinajstić information content (AvgIpc) is 3.22. The first-order chi connectivity index (χ1) is 15.5. The number of hydrogen-bond donors (Lipinski definition) is 3. The third kappa shape index (κ3) is 2.89. The number of carbonyl (C=O) groups is 2. The van der Waals surface area contributed by atoms with Gasteiger partial charge >= 0.3 is 0 Å². The number of anilines is 2. The first-order valence-electron chi connectivity index (χ1n) is 10.4. The maximum Gasteiger partial charge on any atom is 0.263 e. The minimum absolute atomic E-state index is 0.119. The van der Waals surface area contributed by atoms with Crippen LogP contribution in [0.3, 0.4) is 0 Å². The molecule has 1 spiro atoms. The lowest BCUT2D eigenvalue weighted by atomic mass is 9.74. The van der Waals surface area contributed by atoms with Gasteiger partial charge < -0.3 is 25.7 Å². The van der Waals surface area contributed by atoms with E-state index in [4.69, 9.17) is 4.84 Å². The summed E-state index contributed by atoms with van der Waals surface area (Å²) in [5.74, 6) is -0.917. The van der Waals surface area contributed by atoms with Crippen LogP contribution in [0.5, 0.6) is 0 Å². The molecule has 2 aromatic carbocycles. The fraction of sp³-hybridized carbons (Fsp3) is 0.261. The van der Waals surface area contributed by atoms with E-state index in [0.717, 1.165) is 37.4 Å². The number of halogens is 1. The number of likely N-dealkylation sites (tertiary alicyclic amines) is 1. The molecule has 4 aliphatic heterocycles. The number of para-hydroxylation sites is 1. The van der Waals surface area contributed by atoms with Crippen molar-refractivity contribution in [2.24, 2.45) is 10.6 Å². The molecular weight excluding hydrogens is 413 g/mol. The van der Waals surface area contributed by atoms with Crippen LogP contribution in [0, 0.1) is 11.2 Å². The highest BCUT2D eigenvalue weighted by Gasteiger charge is 2.49. The molecule has 9 heteroatoms. The fourth-order valence-electron chi connectivity index (χ4n) is 4.68. The maximum absolute atomic E-state index is 13.9. The van der Waals surface area contributed by atoms with Crippen molar-refractivity contribution in [2.45, 2.75) is 0 Å². The summed E-state index contributed by atoms with van der Waals surface area (Å²) in [4.78, 5) is 32.4. The summed E-state index contributed by atoms with van der Waals surface area (Å²) >= 11 is 0. The molecule has 4 heterocycles. The van der Waals surface area contributed by atoms with Crippen molar-refractivity contribution < 1.29 is 18.8 Å². The van der Waals surface area contributed by atoms with E-state index in [1.807, 2.05) is 24.3 Å². The van der Waals surface area contributed by atoms with Gasteiger partial charge in [0.1, 0.15) is 11.5 Å². The lowest BCUT2D eigenvalue weighted by Crippen LogP contribution is -2.72. The average molecular weight is 433 g/mol. The molecule has 32 heavy (non-hydrogen) atoms. The molecule has 162 valence electrons. The van der Waals surface area contributed by atoms with E-state index in [1.165, 1.54) is 18.2 Å². The van der Waals surface area contributed by atoms with Gasteiger partial charge in [-0.2, -0.15) is 0 Å². The molecule has 8 nitrogen and oxygen atoms in total. The first-order valence-corrected chi connectivity index (χ1v) is 10.4.